The maximum Gasteiger partial charge on any atom is 0.255 e. The zero-order chi connectivity index (χ0) is 15.2. The Hall–Kier alpha value is -1.18. The Morgan fingerprint density at radius 2 is 2.24 bits per heavy atom. The van der Waals surface area contributed by atoms with Gasteiger partial charge < -0.3 is 15.6 Å². The number of aromatic nitrogens is 1. The normalized spacial score (nSPS) is 16.7. The van der Waals surface area contributed by atoms with Gasteiger partial charge in [-0.3, -0.25) is 4.79 Å². The molecule has 1 saturated heterocycles. The highest BCUT2D eigenvalue weighted by Crippen LogP contribution is 2.19. The second kappa shape index (κ2) is 7.72. The van der Waals surface area contributed by atoms with Crippen molar-refractivity contribution in [2.24, 2.45) is 11.8 Å². The second-order valence-electron chi connectivity index (χ2n) is 5.49. The number of nitrogens with one attached hydrogen (secondary N) is 2. The summed E-state index contributed by atoms with van der Waals surface area (Å²) in [6, 6.07) is 1.72. The van der Waals surface area contributed by atoms with Gasteiger partial charge in [-0.1, -0.05) is 0 Å². The predicted octanol–water partition coefficient (Wildman–Crippen LogP) is 1.59. The third-order valence-corrected chi connectivity index (χ3v) is 4.35. The van der Waals surface area contributed by atoms with Gasteiger partial charge in [0, 0.05) is 17.2 Å². The molecule has 6 nitrogen and oxygen atoms in total. The van der Waals surface area contributed by atoms with E-state index in [-0.39, 0.29) is 5.91 Å². The molecule has 1 aliphatic heterocycles. The van der Waals surface area contributed by atoms with Gasteiger partial charge in [0.1, 0.15) is 0 Å². The molecule has 0 aliphatic carbocycles. The molecule has 0 radical (unpaired) electrons. The molecule has 4 N–H and O–H groups in total. The summed E-state index contributed by atoms with van der Waals surface area (Å²) in [5.74, 6) is 6.32. The van der Waals surface area contributed by atoms with Crippen molar-refractivity contribution in [1.82, 2.24) is 15.2 Å². The quantitative estimate of drug-likeness (QED) is 0.551. The molecule has 116 valence electrons. The number of rotatable bonds is 5. The maximum absolute atomic E-state index is 12.2. The number of hydrogen-bond donors (Lipinski definition) is 3. The van der Waals surface area contributed by atoms with E-state index in [1.165, 1.54) is 12.8 Å². The molecule has 1 fully saturated rings. The van der Waals surface area contributed by atoms with E-state index in [0.717, 1.165) is 24.0 Å². The molecular weight excluding hydrogens is 334 g/mol. The van der Waals surface area contributed by atoms with Gasteiger partial charge in [0.2, 0.25) is 0 Å². The van der Waals surface area contributed by atoms with E-state index in [2.05, 4.69) is 43.6 Å². The molecule has 1 aliphatic rings. The summed E-state index contributed by atoms with van der Waals surface area (Å²) in [5, 5.41) is 2.95. The third kappa shape index (κ3) is 4.66. The van der Waals surface area contributed by atoms with Crippen LogP contribution in [0.25, 0.3) is 0 Å². The lowest BCUT2D eigenvalue weighted by Crippen LogP contribution is -2.33. The van der Waals surface area contributed by atoms with E-state index >= 15 is 0 Å². The van der Waals surface area contributed by atoms with Gasteiger partial charge in [-0.2, -0.15) is 0 Å². The number of piperidine rings is 1. The van der Waals surface area contributed by atoms with Crippen molar-refractivity contribution in [3.05, 3.63) is 22.3 Å². The molecule has 0 atom stereocenters. The van der Waals surface area contributed by atoms with Gasteiger partial charge in [0.15, 0.2) is 5.82 Å². The molecule has 0 spiro atoms. The van der Waals surface area contributed by atoms with Crippen LogP contribution in [0, 0.1) is 5.92 Å². The van der Waals surface area contributed by atoms with Crippen molar-refractivity contribution in [3.8, 4) is 0 Å². The highest BCUT2D eigenvalue weighted by atomic mass is 79.9. The minimum Gasteiger partial charge on any atom is -0.352 e. The number of halogens is 1. The van der Waals surface area contributed by atoms with E-state index in [9.17, 15) is 4.79 Å². The largest absolute Gasteiger partial charge is 0.352 e. The van der Waals surface area contributed by atoms with Crippen LogP contribution in [0.2, 0.25) is 0 Å². The molecule has 0 aromatic carbocycles. The Morgan fingerprint density at radius 1 is 1.52 bits per heavy atom. The van der Waals surface area contributed by atoms with Crippen LogP contribution in [0.1, 0.15) is 29.6 Å². The molecule has 21 heavy (non-hydrogen) atoms. The first kappa shape index (κ1) is 16.2. The van der Waals surface area contributed by atoms with Crippen molar-refractivity contribution >= 4 is 27.7 Å². The lowest BCUT2D eigenvalue weighted by molar-refractivity contribution is 0.0949. The number of nitrogens with two attached hydrogens (primary N) is 1. The zero-order valence-corrected chi connectivity index (χ0v) is 13.8. The second-order valence-corrected chi connectivity index (χ2v) is 6.40. The summed E-state index contributed by atoms with van der Waals surface area (Å²) < 4.78 is 0.752. The summed E-state index contributed by atoms with van der Waals surface area (Å²) in [5.41, 5.74) is 2.90. The number of likely N-dealkylation sites (tertiary alicyclic amines) is 1. The summed E-state index contributed by atoms with van der Waals surface area (Å²) >= 11 is 3.31. The first-order valence-electron chi connectivity index (χ1n) is 7.19. The standard InChI is InChI=1S/C14H22BrN5O/c1-20-6-3-10(4-7-20)2-5-17-14(21)12-8-11(15)9-18-13(12)19-16/h8-10H,2-7,16H2,1H3,(H,17,21)(H,18,19). The molecule has 0 bridgehead atoms. The molecule has 1 aromatic heterocycles. The number of amides is 1. The Morgan fingerprint density at radius 3 is 2.90 bits per heavy atom. The number of pyridine rings is 1. The number of carbonyl (C=O) groups is 1. The fourth-order valence-electron chi connectivity index (χ4n) is 2.56. The van der Waals surface area contributed by atoms with Crippen LogP contribution in [0.5, 0.6) is 0 Å². The van der Waals surface area contributed by atoms with Crippen LogP contribution >= 0.6 is 15.9 Å². The molecule has 1 aromatic rings. The minimum absolute atomic E-state index is 0.148. The first-order chi connectivity index (χ1) is 10.1. The van der Waals surface area contributed by atoms with E-state index in [0.29, 0.717) is 23.8 Å². The van der Waals surface area contributed by atoms with Crippen LogP contribution in [-0.2, 0) is 0 Å². The van der Waals surface area contributed by atoms with E-state index in [4.69, 9.17) is 5.84 Å². The van der Waals surface area contributed by atoms with E-state index in [1.807, 2.05) is 0 Å². The number of hydrogen-bond acceptors (Lipinski definition) is 5. The lowest BCUT2D eigenvalue weighted by atomic mass is 9.94. The number of nitrogen functional groups attached to an aromatic ring is 1. The average Bonchev–Trinajstić information content (AvgIpc) is 2.49. The molecule has 7 heteroatoms. The number of nitrogens with zero attached hydrogens (tertiary/aromatic N) is 2. The van der Waals surface area contributed by atoms with Crippen molar-refractivity contribution in [1.29, 1.82) is 0 Å². The first-order valence-corrected chi connectivity index (χ1v) is 7.98. The Bertz CT molecular complexity index is 488. The van der Waals surface area contributed by atoms with Crippen molar-refractivity contribution < 1.29 is 4.79 Å². The van der Waals surface area contributed by atoms with Gasteiger partial charge in [0.25, 0.3) is 5.91 Å². The van der Waals surface area contributed by atoms with Gasteiger partial charge in [-0.15, -0.1) is 0 Å². The predicted molar refractivity (Wildman–Crippen MR) is 86.9 cm³/mol. The van der Waals surface area contributed by atoms with Crippen LogP contribution < -0.4 is 16.6 Å². The smallest absolute Gasteiger partial charge is 0.255 e. The fourth-order valence-corrected chi connectivity index (χ4v) is 2.89. The Kier molecular flexibility index (Phi) is 5.96. The number of anilines is 1. The Labute approximate surface area is 133 Å². The lowest BCUT2D eigenvalue weighted by Gasteiger charge is -2.28. The average molecular weight is 356 g/mol. The molecule has 1 amide bonds. The monoisotopic (exact) mass is 355 g/mol. The van der Waals surface area contributed by atoms with Gasteiger partial charge in [-0.05, 0) is 67.3 Å². The Balaban J connectivity index is 1.83. The van der Waals surface area contributed by atoms with Crippen molar-refractivity contribution in [2.75, 3.05) is 32.1 Å². The van der Waals surface area contributed by atoms with Crippen LogP contribution in [0.3, 0.4) is 0 Å². The molecule has 2 rings (SSSR count). The molecule has 0 saturated carbocycles. The summed E-state index contributed by atoms with van der Waals surface area (Å²) in [6.07, 6.45) is 5.04. The van der Waals surface area contributed by atoms with E-state index < -0.39 is 0 Å². The molecule has 2 heterocycles. The molecule has 0 unspecified atom stereocenters. The molecular formula is C14H22BrN5O. The number of carbonyl (C=O) groups excluding carboxylic acids is 1. The van der Waals surface area contributed by atoms with Crippen LogP contribution in [0.15, 0.2) is 16.7 Å². The van der Waals surface area contributed by atoms with Crippen LogP contribution in [0.4, 0.5) is 5.82 Å². The van der Waals surface area contributed by atoms with Gasteiger partial charge in [0.05, 0.1) is 5.56 Å². The summed E-state index contributed by atoms with van der Waals surface area (Å²) in [4.78, 5) is 18.6. The summed E-state index contributed by atoms with van der Waals surface area (Å²) in [7, 11) is 2.15. The SMILES string of the molecule is CN1CCC(CCNC(=O)c2cc(Br)cnc2NN)CC1. The summed E-state index contributed by atoms with van der Waals surface area (Å²) in [6.45, 7) is 2.98. The van der Waals surface area contributed by atoms with Crippen molar-refractivity contribution in [2.45, 2.75) is 19.3 Å². The van der Waals surface area contributed by atoms with Gasteiger partial charge in [-0.25, -0.2) is 10.8 Å². The fraction of sp³-hybridized carbons (Fsp3) is 0.571. The number of hydrazine groups is 1. The van der Waals surface area contributed by atoms with Crippen molar-refractivity contribution in [3.63, 3.8) is 0 Å². The van der Waals surface area contributed by atoms with E-state index in [1.54, 1.807) is 12.3 Å². The highest BCUT2D eigenvalue weighted by Gasteiger charge is 2.17. The highest BCUT2D eigenvalue weighted by molar-refractivity contribution is 9.10. The topological polar surface area (TPSA) is 83.3 Å². The minimum atomic E-state index is -0.148. The maximum atomic E-state index is 12.2. The van der Waals surface area contributed by atoms with Crippen LogP contribution in [-0.4, -0.2) is 42.5 Å². The zero-order valence-electron chi connectivity index (χ0n) is 12.2. The van der Waals surface area contributed by atoms with Gasteiger partial charge >= 0.3 is 0 Å². The third-order valence-electron chi connectivity index (χ3n) is 3.91.